The molecule has 7 nitrogen and oxygen atoms in total. The molecule has 0 aromatic heterocycles. The van der Waals surface area contributed by atoms with Crippen molar-refractivity contribution in [1.82, 2.24) is 0 Å². The predicted octanol–water partition coefficient (Wildman–Crippen LogP) is 4.07. The second-order valence-electron chi connectivity index (χ2n) is 9.68. The summed E-state index contributed by atoms with van der Waals surface area (Å²) in [6, 6.07) is 25.2. The van der Waals surface area contributed by atoms with Crippen molar-refractivity contribution in [1.29, 1.82) is 0 Å². The minimum atomic E-state index is -1.65. The topological polar surface area (TPSA) is 98.7 Å². The van der Waals surface area contributed by atoms with Gasteiger partial charge in [-0.25, -0.2) is 0 Å². The van der Waals surface area contributed by atoms with E-state index in [2.05, 4.69) is 10.6 Å². The van der Waals surface area contributed by atoms with Crippen LogP contribution in [0, 0.1) is 11.8 Å². The number of Topliss-reactive ketones (excluding diaryl/α,β-unsaturated/α-hetero) is 1. The van der Waals surface area contributed by atoms with Crippen LogP contribution < -0.4 is 15.5 Å². The molecule has 0 heterocycles. The summed E-state index contributed by atoms with van der Waals surface area (Å²) in [7, 11) is 3.83. The molecule has 3 aromatic rings. The van der Waals surface area contributed by atoms with E-state index in [1.54, 1.807) is 48.5 Å². The number of benzene rings is 3. The number of hydrogen-bond donors (Lipinski definition) is 3. The summed E-state index contributed by atoms with van der Waals surface area (Å²) < 4.78 is 0. The normalized spacial score (nSPS) is 23.6. The Balaban J connectivity index is 1.77. The molecule has 3 aromatic carbocycles. The van der Waals surface area contributed by atoms with E-state index >= 15 is 0 Å². The maximum atomic E-state index is 13.7. The molecule has 1 fully saturated rings. The molecular formula is C29H31N3O4. The van der Waals surface area contributed by atoms with E-state index in [-0.39, 0.29) is 6.42 Å². The molecule has 0 spiro atoms. The number of aliphatic hydroxyl groups is 1. The first kappa shape index (κ1) is 25.1. The molecule has 7 heteroatoms. The molecule has 186 valence electrons. The molecule has 1 saturated carbocycles. The smallest absolute Gasteiger partial charge is 0.235 e. The van der Waals surface area contributed by atoms with Crippen LogP contribution in [0.15, 0.2) is 84.9 Å². The molecule has 1 aliphatic rings. The fourth-order valence-corrected chi connectivity index (χ4v) is 4.97. The zero-order chi connectivity index (χ0) is 25.9. The molecule has 0 radical (unpaired) electrons. The monoisotopic (exact) mass is 485 g/mol. The summed E-state index contributed by atoms with van der Waals surface area (Å²) in [5.74, 6) is -4.42. The van der Waals surface area contributed by atoms with Crippen LogP contribution in [0.4, 0.5) is 17.1 Å². The summed E-state index contributed by atoms with van der Waals surface area (Å²) in [5.41, 5.74) is 1.05. The molecule has 0 unspecified atom stereocenters. The zero-order valence-corrected chi connectivity index (χ0v) is 20.6. The van der Waals surface area contributed by atoms with E-state index in [1.165, 1.54) is 6.92 Å². The quantitative estimate of drug-likeness (QED) is 0.457. The highest BCUT2D eigenvalue weighted by molar-refractivity contribution is 6.10. The number of hydrogen-bond acceptors (Lipinski definition) is 5. The van der Waals surface area contributed by atoms with Gasteiger partial charge < -0.3 is 20.6 Å². The van der Waals surface area contributed by atoms with Crippen LogP contribution in [-0.4, -0.2) is 42.4 Å². The largest absolute Gasteiger partial charge is 0.389 e. The van der Waals surface area contributed by atoms with Crippen molar-refractivity contribution in [3.63, 3.8) is 0 Å². The molecule has 4 rings (SSSR count). The summed E-state index contributed by atoms with van der Waals surface area (Å²) in [6.45, 7) is 1.49. The molecule has 0 saturated heterocycles. The Morgan fingerprint density at radius 3 is 1.83 bits per heavy atom. The van der Waals surface area contributed by atoms with Crippen molar-refractivity contribution in [2.75, 3.05) is 29.6 Å². The summed E-state index contributed by atoms with van der Waals surface area (Å²) in [5, 5.41) is 17.1. The van der Waals surface area contributed by atoms with Crippen molar-refractivity contribution in [2.24, 2.45) is 11.8 Å². The van der Waals surface area contributed by atoms with E-state index < -0.39 is 41.0 Å². The van der Waals surface area contributed by atoms with E-state index in [4.69, 9.17) is 0 Å². The number of carbonyl (C=O) groups excluding carboxylic acids is 3. The third-order valence-electron chi connectivity index (χ3n) is 6.71. The number of carbonyl (C=O) groups is 3. The van der Waals surface area contributed by atoms with Crippen molar-refractivity contribution in [3.05, 3.63) is 90.5 Å². The van der Waals surface area contributed by atoms with Gasteiger partial charge in [0.2, 0.25) is 11.8 Å². The van der Waals surface area contributed by atoms with Gasteiger partial charge in [-0.2, -0.15) is 0 Å². The summed E-state index contributed by atoms with van der Waals surface area (Å²) in [4.78, 5) is 42.5. The Kier molecular flexibility index (Phi) is 7.22. The van der Waals surface area contributed by atoms with Gasteiger partial charge >= 0.3 is 0 Å². The highest BCUT2D eigenvalue weighted by atomic mass is 16.3. The maximum absolute atomic E-state index is 13.7. The van der Waals surface area contributed by atoms with Crippen molar-refractivity contribution >= 4 is 34.7 Å². The van der Waals surface area contributed by atoms with Gasteiger partial charge in [-0.1, -0.05) is 48.5 Å². The molecule has 3 N–H and O–H groups in total. The Morgan fingerprint density at radius 2 is 1.33 bits per heavy atom. The number of para-hydroxylation sites is 2. The lowest BCUT2D eigenvalue weighted by molar-refractivity contribution is -0.150. The molecule has 0 aliphatic heterocycles. The lowest BCUT2D eigenvalue weighted by Crippen LogP contribution is -2.56. The second-order valence-corrected chi connectivity index (χ2v) is 9.68. The van der Waals surface area contributed by atoms with Crippen LogP contribution in [0.1, 0.15) is 24.8 Å². The van der Waals surface area contributed by atoms with E-state index in [0.29, 0.717) is 16.9 Å². The van der Waals surface area contributed by atoms with Crippen LogP contribution in [-0.2, 0) is 14.4 Å². The van der Waals surface area contributed by atoms with E-state index in [9.17, 15) is 19.5 Å². The highest BCUT2D eigenvalue weighted by Gasteiger charge is 2.55. The van der Waals surface area contributed by atoms with E-state index in [0.717, 1.165) is 5.69 Å². The zero-order valence-electron chi connectivity index (χ0n) is 20.6. The first-order valence-electron chi connectivity index (χ1n) is 11.9. The molecule has 36 heavy (non-hydrogen) atoms. The number of ketones is 1. The van der Waals surface area contributed by atoms with Crippen LogP contribution >= 0.6 is 0 Å². The average molecular weight is 486 g/mol. The van der Waals surface area contributed by atoms with Crippen LogP contribution in [0.5, 0.6) is 0 Å². The molecule has 1 aliphatic carbocycles. The minimum absolute atomic E-state index is 0.307. The van der Waals surface area contributed by atoms with Gasteiger partial charge in [0, 0.05) is 43.5 Å². The average Bonchev–Trinajstić information content (AvgIpc) is 2.84. The standard InChI is InChI=1S/C29H31N3O4/c1-29(36)18-23(33)25(27(34)30-20-10-6-4-7-11-20)24(19-14-16-22(17-15-19)32(2)3)26(29)28(35)31-21-12-8-5-9-13-21/h4-17,24-26,36H,18H2,1-3H3,(H,30,34)(H,31,35)/t24-,25-,26-,29+/m1/s1. The number of rotatable bonds is 6. The molecule has 0 bridgehead atoms. The fourth-order valence-electron chi connectivity index (χ4n) is 4.97. The number of anilines is 3. The fraction of sp³-hybridized carbons (Fsp3) is 0.276. The molecule has 2 amide bonds. The SMILES string of the molecule is CN(C)c1ccc([C@@H]2[C@H](C(=O)Nc3ccccc3)C(=O)C[C@](C)(O)[C@H]2C(=O)Nc2ccccc2)cc1. The Morgan fingerprint density at radius 1 is 0.833 bits per heavy atom. The van der Waals surface area contributed by atoms with Gasteiger partial charge in [-0.3, -0.25) is 14.4 Å². The lowest BCUT2D eigenvalue weighted by atomic mass is 9.61. The highest BCUT2D eigenvalue weighted by Crippen LogP contribution is 2.46. The van der Waals surface area contributed by atoms with Gasteiger partial charge in [0.25, 0.3) is 0 Å². The first-order chi connectivity index (χ1) is 17.2. The number of nitrogens with zero attached hydrogens (tertiary/aromatic N) is 1. The first-order valence-corrected chi connectivity index (χ1v) is 11.9. The Hall–Kier alpha value is -3.97. The van der Waals surface area contributed by atoms with Gasteiger partial charge in [0.15, 0.2) is 0 Å². The molecule has 4 atom stereocenters. The van der Waals surface area contributed by atoms with Gasteiger partial charge in [-0.15, -0.1) is 0 Å². The van der Waals surface area contributed by atoms with Gasteiger partial charge in [0.1, 0.15) is 11.7 Å². The lowest BCUT2D eigenvalue weighted by Gasteiger charge is -2.44. The van der Waals surface area contributed by atoms with Crippen LogP contribution in [0.3, 0.4) is 0 Å². The third-order valence-corrected chi connectivity index (χ3v) is 6.71. The number of amides is 2. The Labute approximate surface area is 211 Å². The van der Waals surface area contributed by atoms with E-state index in [1.807, 2.05) is 55.4 Å². The minimum Gasteiger partial charge on any atom is -0.389 e. The summed E-state index contributed by atoms with van der Waals surface area (Å²) in [6.07, 6.45) is -0.307. The van der Waals surface area contributed by atoms with Crippen molar-refractivity contribution < 1.29 is 19.5 Å². The second kappa shape index (κ2) is 10.3. The van der Waals surface area contributed by atoms with Gasteiger partial charge in [-0.05, 0) is 48.9 Å². The molecular weight excluding hydrogens is 454 g/mol. The predicted molar refractivity (Wildman–Crippen MR) is 141 cm³/mol. The Bertz CT molecular complexity index is 1220. The van der Waals surface area contributed by atoms with Gasteiger partial charge in [0.05, 0.1) is 11.5 Å². The van der Waals surface area contributed by atoms with Crippen LogP contribution in [0.2, 0.25) is 0 Å². The summed E-state index contributed by atoms with van der Waals surface area (Å²) >= 11 is 0. The maximum Gasteiger partial charge on any atom is 0.235 e. The number of nitrogens with one attached hydrogen (secondary N) is 2. The van der Waals surface area contributed by atoms with Crippen LogP contribution in [0.25, 0.3) is 0 Å². The third kappa shape index (κ3) is 5.31. The van der Waals surface area contributed by atoms with Crippen molar-refractivity contribution in [2.45, 2.75) is 24.9 Å². The van der Waals surface area contributed by atoms with Crippen molar-refractivity contribution in [3.8, 4) is 0 Å².